The smallest absolute Gasteiger partial charge is 0.257 e. The number of fused-ring (bicyclic) bond motifs is 3. The lowest BCUT2D eigenvalue weighted by atomic mass is 10.1. The zero-order valence-electron chi connectivity index (χ0n) is 14.7. The summed E-state index contributed by atoms with van der Waals surface area (Å²) in [6.45, 7) is 2.35. The van der Waals surface area contributed by atoms with E-state index in [1.807, 2.05) is 30.0 Å². The molecule has 1 amide bonds. The van der Waals surface area contributed by atoms with Crippen LogP contribution in [0.3, 0.4) is 0 Å². The summed E-state index contributed by atoms with van der Waals surface area (Å²) in [7, 11) is -3.38. The van der Waals surface area contributed by atoms with Gasteiger partial charge in [0.25, 0.3) is 15.9 Å². The number of furan rings is 1. The first kappa shape index (κ1) is 18.1. The van der Waals surface area contributed by atoms with Crippen molar-refractivity contribution >= 4 is 38.5 Å². The van der Waals surface area contributed by atoms with Crippen LogP contribution in [0.25, 0.3) is 0 Å². The number of sulfonamides is 1. The summed E-state index contributed by atoms with van der Waals surface area (Å²) in [6, 6.07) is 9.19. The van der Waals surface area contributed by atoms with Gasteiger partial charge < -0.3 is 14.6 Å². The van der Waals surface area contributed by atoms with Crippen molar-refractivity contribution in [2.45, 2.75) is 30.7 Å². The van der Waals surface area contributed by atoms with Gasteiger partial charge in [-0.3, -0.25) is 4.79 Å². The molecule has 1 aromatic carbocycles. The molecule has 2 aliphatic heterocycles. The number of anilines is 1. The molecule has 2 aliphatic rings. The number of carbonyl (C=O) groups excluding carboxylic acids is 1. The predicted molar refractivity (Wildman–Crippen MR) is 105 cm³/mol. The molecule has 2 aromatic rings. The summed E-state index contributed by atoms with van der Waals surface area (Å²) in [5.74, 6) is 0.758. The van der Waals surface area contributed by atoms with Crippen molar-refractivity contribution in [3.8, 4) is 0 Å². The molecule has 142 valence electrons. The summed E-state index contributed by atoms with van der Waals surface area (Å²) in [6.07, 6.45) is 3.18. The molecule has 4 rings (SSSR count). The Morgan fingerprint density at radius 2 is 2.26 bits per heavy atom. The van der Waals surface area contributed by atoms with Crippen LogP contribution in [-0.4, -0.2) is 37.8 Å². The van der Waals surface area contributed by atoms with Crippen LogP contribution in [0, 0.1) is 0 Å². The number of benzene rings is 1. The van der Waals surface area contributed by atoms with Gasteiger partial charge in [-0.25, -0.2) is 8.42 Å². The molecule has 27 heavy (non-hydrogen) atoms. The molecule has 0 fully saturated rings. The molecule has 1 atom stereocenters. The lowest BCUT2D eigenvalue weighted by Crippen LogP contribution is -2.35. The standard InChI is InChI=1S/C18H19N3O4S2/c1-12(4-6-14-3-2-9-25-14)19-17(22)13-5-7-15-16(11-13)26-18-20-27(23,24)10-8-21(15)18/h2-3,5,7,9,11-12H,4,6,8,10H2,1H3,(H,19,22). The minimum atomic E-state index is -3.38. The summed E-state index contributed by atoms with van der Waals surface area (Å²) in [5, 5.41) is 3.45. The van der Waals surface area contributed by atoms with Crippen LogP contribution < -0.4 is 10.2 Å². The minimum absolute atomic E-state index is 0.00403. The zero-order chi connectivity index (χ0) is 19.0. The van der Waals surface area contributed by atoms with Crippen molar-refractivity contribution in [1.29, 1.82) is 0 Å². The molecule has 0 bridgehead atoms. The van der Waals surface area contributed by atoms with Crippen LogP contribution >= 0.6 is 11.8 Å². The maximum absolute atomic E-state index is 12.6. The number of rotatable bonds is 5. The summed E-state index contributed by atoms with van der Waals surface area (Å²) < 4.78 is 32.5. The number of thioether (sulfide) groups is 1. The highest BCUT2D eigenvalue weighted by molar-refractivity contribution is 8.15. The van der Waals surface area contributed by atoms with E-state index in [1.165, 1.54) is 11.8 Å². The topological polar surface area (TPSA) is 92.0 Å². The van der Waals surface area contributed by atoms with Gasteiger partial charge >= 0.3 is 0 Å². The first-order valence-corrected chi connectivity index (χ1v) is 11.1. The van der Waals surface area contributed by atoms with Gasteiger partial charge in [-0.2, -0.15) is 0 Å². The Balaban J connectivity index is 1.43. The van der Waals surface area contributed by atoms with Gasteiger partial charge in [-0.15, -0.1) is 4.40 Å². The summed E-state index contributed by atoms with van der Waals surface area (Å²) in [4.78, 5) is 15.3. The van der Waals surface area contributed by atoms with E-state index in [2.05, 4.69) is 9.71 Å². The van der Waals surface area contributed by atoms with Gasteiger partial charge in [-0.1, -0.05) is 0 Å². The van der Waals surface area contributed by atoms with Crippen LogP contribution in [0.1, 0.15) is 29.5 Å². The minimum Gasteiger partial charge on any atom is -0.469 e. The Hall–Kier alpha value is -2.26. The third-order valence-corrected chi connectivity index (χ3v) is 6.82. The van der Waals surface area contributed by atoms with Gasteiger partial charge in [0.15, 0.2) is 5.17 Å². The van der Waals surface area contributed by atoms with E-state index in [0.29, 0.717) is 17.3 Å². The molecule has 0 aliphatic carbocycles. The highest BCUT2D eigenvalue weighted by Gasteiger charge is 2.33. The maximum Gasteiger partial charge on any atom is 0.257 e. The van der Waals surface area contributed by atoms with E-state index in [9.17, 15) is 13.2 Å². The first-order valence-electron chi connectivity index (χ1n) is 8.67. The van der Waals surface area contributed by atoms with Gasteiger partial charge in [0.2, 0.25) is 0 Å². The maximum atomic E-state index is 12.6. The van der Waals surface area contributed by atoms with E-state index in [-0.39, 0.29) is 17.7 Å². The Morgan fingerprint density at radius 1 is 1.41 bits per heavy atom. The zero-order valence-corrected chi connectivity index (χ0v) is 16.3. The van der Waals surface area contributed by atoms with E-state index in [4.69, 9.17) is 4.42 Å². The van der Waals surface area contributed by atoms with Gasteiger partial charge in [0.05, 0.1) is 17.7 Å². The quantitative estimate of drug-likeness (QED) is 0.822. The van der Waals surface area contributed by atoms with Crippen LogP contribution in [0.2, 0.25) is 0 Å². The number of carbonyl (C=O) groups is 1. The molecule has 1 aromatic heterocycles. The average molecular weight is 406 g/mol. The van der Waals surface area contributed by atoms with Crippen LogP contribution in [0.4, 0.5) is 5.69 Å². The molecular weight excluding hydrogens is 386 g/mol. The molecule has 0 saturated carbocycles. The second-order valence-corrected chi connectivity index (χ2v) is 9.35. The van der Waals surface area contributed by atoms with Crippen molar-refractivity contribution in [2.75, 3.05) is 17.2 Å². The van der Waals surface area contributed by atoms with Crippen molar-refractivity contribution in [1.82, 2.24) is 5.32 Å². The molecule has 0 spiro atoms. The van der Waals surface area contributed by atoms with E-state index in [0.717, 1.165) is 29.2 Å². The van der Waals surface area contributed by atoms with Gasteiger partial charge in [0, 0.05) is 29.5 Å². The SMILES string of the molecule is CC(CCc1ccco1)NC(=O)c1ccc2c(c1)SC1=NS(=O)(=O)CCN12. The number of hydrogen-bond acceptors (Lipinski definition) is 6. The third-order valence-electron chi connectivity index (χ3n) is 4.52. The molecule has 7 nitrogen and oxygen atoms in total. The fraction of sp³-hybridized carbons (Fsp3) is 0.333. The van der Waals surface area contributed by atoms with Crippen LogP contribution in [-0.2, 0) is 16.4 Å². The van der Waals surface area contributed by atoms with Gasteiger partial charge in [-0.05, 0) is 55.4 Å². The number of amides is 1. The molecule has 9 heteroatoms. The molecule has 3 heterocycles. The number of nitrogens with one attached hydrogen (secondary N) is 1. The molecular formula is C18H19N3O4S2. The van der Waals surface area contributed by atoms with Crippen molar-refractivity contribution in [3.05, 3.63) is 47.9 Å². The van der Waals surface area contributed by atoms with Crippen molar-refractivity contribution < 1.29 is 17.6 Å². The number of aryl methyl sites for hydroxylation is 1. The van der Waals surface area contributed by atoms with Crippen molar-refractivity contribution in [2.24, 2.45) is 4.40 Å². The summed E-state index contributed by atoms with van der Waals surface area (Å²) in [5.41, 5.74) is 1.45. The van der Waals surface area contributed by atoms with Gasteiger partial charge in [0.1, 0.15) is 5.76 Å². The molecule has 1 N–H and O–H groups in total. The fourth-order valence-corrected chi connectivity index (χ4v) is 5.36. The second kappa shape index (κ2) is 7.05. The van der Waals surface area contributed by atoms with E-state index in [1.54, 1.807) is 18.4 Å². The van der Waals surface area contributed by atoms with E-state index >= 15 is 0 Å². The third kappa shape index (κ3) is 3.89. The fourth-order valence-electron chi connectivity index (χ4n) is 3.06. The molecule has 0 saturated heterocycles. The van der Waals surface area contributed by atoms with Crippen molar-refractivity contribution in [3.63, 3.8) is 0 Å². The average Bonchev–Trinajstić information content (AvgIpc) is 3.25. The Bertz CT molecular complexity index is 1000. The number of amidine groups is 1. The Kier molecular flexibility index (Phi) is 4.73. The number of hydrogen-bond donors (Lipinski definition) is 1. The highest BCUT2D eigenvalue weighted by Crippen LogP contribution is 2.42. The van der Waals surface area contributed by atoms with Crippen LogP contribution in [0.5, 0.6) is 0 Å². The lowest BCUT2D eigenvalue weighted by molar-refractivity contribution is 0.0938. The molecule has 1 unspecified atom stereocenters. The second-order valence-electron chi connectivity index (χ2n) is 6.59. The predicted octanol–water partition coefficient (Wildman–Crippen LogP) is 2.64. The Morgan fingerprint density at radius 3 is 3.04 bits per heavy atom. The Labute approximate surface area is 161 Å². The lowest BCUT2D eigenvalue weighted by Gasteiger charge is -2.22. The molecule has 0 radical (unpaired) electrons. The van der Waals surface area contributed by atoms with Crippen LogP contribution in [0.15, 0.2) is 50.3 Å². The normalized spacial score (nSPS) is 18.4. The van der Waals surface area contributed by atoms with E-state index < -0.39 is 10.0 Å². The highest BCUT2D eigenvalue weighted by atomic mass is 32.2. The monoisotopic (exact) mass is 405 g/mol. The largest absolute Gasteiger partial charge is 0.469 e. The summed E-state index contributed by atoms with van der Waals surface area (Å²) >= 11 is 1.29. The number of nitrogens with zero attached hydrogens (tertiary/aromatic N) is 2. The first-order chi connectivity index (χ1) is 12.9.